The molecule has 2 aliphatic rings. The standard InChI is InChI=1S/C28H28ClN3O3/c1-18-15-24(19(2)31(18)14-12-20-7-9-23(29)10-8-20)25(33)17-32-26(34)28(30-27(32)35)13-11-21-5-3-4-6-22(21)16-28/h3-10,15H,11-14,16-17H2,1-2H3,(H,30,35). The molecule has 0 bridgehead atoms. The van der Waals surface area contributed by atoms with Gasteiger partial charge in [0.05, 0.1) is 6.54 Å². The molecule has 3 amide bonds. The van der Waals surface area contributed by atoms with Crippen molar-refractivity contribution in [3.05, 3.63) is 93.3 Å². The van der Waals surface area contributed by atoms with Gasteiger partial charge in [0.25, 0.3) is 5.91 Å². The lowest BCUT2D eigenvalue weighted by Gasteiger charge is -2.32. The largest absolute Gasteiger partial charge is 0.348 e. The molecule has 3 aromatic rings. The van der Waals surface area contributed by atoms with Crippen molar-refractivity contribution in [2.45, 2.75) is 51.6 Å². The van der Waals surface area contributed by atoms with E-state index in [1.54, 1.807) is 0 Å². The highest BCUT2D eigenvalue weighted by Crippen LogP contribution is 2.33. The van der Waals surface area contributed by atoms with Crippen LogP contribution < -0.4 is 5.32 Å². The second kappa shape index (κ2) is 9.00. The van der Waals surface area contributed by atoms with E-state index in [2.05, 4.69) is 16.0 Å². The fourth-order valence-corrected chi connectivity index (χ4v) is 5.52. The van der Waals surface area contributed by atoms with Crippen LogP contribution in [0.15, 0.2) is 54.6 Å². The molecule has 0 saturated carbocycles. The zero-order valence-electron chi connectivity index (χ0n) is 19.9. The van der Waals surface area contributed by atoms with Crippen LogP contribution in [0.4, 0.5) is 4.79 Å². The minimum Gasteiger partial charge on any atom is -0.348 e. The summed E-state index contributed by atoms with van der Waals surface area (Å²) in [5, 5.41) is 3.61. The predicted molar refractivity (Wildman–Crippen MR) is 135 cm³/mol. The monoisotopic (exact) mass is 489 g/mol. The van der Waals surface area contributed by atoms with Gasteiger partial charge in [-0.2, -0.15) is 0 Å². The third-order valence-corrected chi connectivity index (χ3v) is 7.64. The summed E-state index contributed by atoms with van der Waals surface area (Å²) >= 11 is 5.98. The van der Waals surface area contributed by atoms with E-state index in [4.69, 9.17) is 11.6 Å². The maximum Gasteiger partial charge on any atom is 0.325 e. The molecule has 2 aromatic carbocycles. The summed E-state index contributed by atoms with van der Waals surface area (Å²) < 4.78 is 2.10. The summed E-state index contributed by atoms with van der Waals surface area (Å²) in [7, 11) is 0. The Kier molecular flexibility index (Phi) is 6.01. The molecule has 2 heterocycles. The first-order valence-corrected chi connectivity index (χ1v) is 12.3. The fourth-order valence-electron chi connectivity index (χ4n) is 5.39. The highest BCUT2D eigenvalue weighted by Gasteiger charge is 2.52. The lowest BCUT2D eigenvalue weighted by molar-refractivity contribution is -0.131. The molecule has 0 radical (unpaired) electrons. The van der Waals surface area contributed by atoms with Crippen molar-refractivity contribution in [1.29, 1.82) is 0 Å². The van der Waals surface area contributed by atoms with Gasteiger partial charge in [0.1, 0.15) is 5.54 Å². The van der Waals surface area contributed by atoms with Gasteiger partial charge in [-0.15, -0.1) is 0 Å². The van der Waals surface area contributed by atoms with E-state index < -0.39 is 11.6 Å². The Labute approximate surface area is 209 Å². The maximum atomic E-state index is 13.4. The Balaban J connectivity index is 1.30. The summed E-state index contributed by atoms with van der Waals surface area (Å²) in [5.41, 5.74) is 4.85. The predicted octanol–water partition coefficient (Wildman–Crippen LogP) is 4.66. The van der Waals surface area contributed by atoms with Crippen molar-refractivity contribution in [3.63, 3.8) is 0 Å². The number of Topliss-reactive ketones (excluding diaryl/α,β-unsaturated/α-hetero) is 1. The van der Waals surface area contributed by atoms with E-state index in [0.717, 1.165) is 46.8 Å². The Morgan fingerprint density at radius 3 is 2.51 bits per heavy atom. The van der Waals surface area contributed by atoms with E-state index >= 15 is 0 Å². The molecule has 180 valence electrons. The number of carbonyl (C=O) groups excluding carboxylic acids is 3. The molecule has 5 rings (SSSR count). The lowest BCUT2D eigenvalue weighted by atomic mass is 9.78. The molecule has 35 heavy (non-hydrogen) atoms. The average molecular weight is 490 g/mol. The zero-order chi connectivity index (χ0) is 24.7. The molecule has 6 nitrogen and oxygen atoms in total. The van der Waals surface area contributed by atoms with Crippen LogP contribution in [0.25, 0.3) is 0 Å². The fraction of sp³-hybridized carbons (Fsp3) is 0.321. The number of ketones is 1. The number of halogens is 1. The number of aryl methyl sites for hydroxylation is 3. The molecular weight excluding hydrogens is 462 g/mol. The van der Waals surface area contributed by atoms with E-state index in [1.165, 1.54) is 5.56 Å². The number of hydrogen-bond donors (Lipinski definition) is 1. The average Bonchev–Trinajstić information content (AvgIpc) is 3.25. The molecule has 1 N–H and O–H groups in total. The van der Waals surface area contributed by atoms with Crippen molar-refractivity contribution in [3.8, 4) is 0 Å². The van der Waals surface area contributed by atoms with E-state index in [-0.39, 0.29) is 18.2 Å². The second-order valence-corrected chi connectivity index (χ2v) is 10.0. The SMILES string of the molecule is Cc1cc(C(=O)CN2C(=O)NC3(CCc4ccccc4C3)C2=O)c(C)n1CCc1ccc(Cl)cc1. The van der Waals surface area contributed by atoms with Crippen LogP contribution in [0.1, 0.15) is 44.9 Å². The molecular formula is C28H28ClN3O3. The van der Waals surface area contributed by atoms with Crippen LogP contribution in [0.3, 0.4) is 0 Å². The van der Waals surface area contributed by atoms with E-state index in [1.807, 2.05) is 62.4 Å². The second-order valence-electron chi connectivity index (χ2n) is 9.59. The highest BCUT2D eigenvalue weighted by atomic mass is 35.5. The molecule has 1 saturated heterocycles. The third-order valence-electron chi connectivity index (χ3n) is 7.39. The molecule has 1 atom stereocenters. The minimum atomic E-state index is -0.957. The Hall–Kier alpha value is -3.38. The van der Waals surface area contributed by atoms with Gasteiger partial charge in [0.15, 0.2) is 5.78 Å². The van der Waals surface area contributed by atoms with Gasteiger partial charge in [0, 0.05) is 34.9 Å². The van der Waals surface area contributed by atoms with Crippen molar-refractivity contribution in [2.75, 3.05) is 6.54 Å². The molecule has 7 heteroatoms. The van der Waals surface area contributed by atoms with Gasteiger partial charge < -0.3 is 9.88 Å². The Morgan fingerprint density at radius 1 is 1.06 bits per heavy atom. The summed E-state index contributed by atoms with van der Waals surface area (Å²) in [6.45, 7) is 4.34. The van der Waals surface area contributed by atoms with Gasteiger partial charge in [-0.25, -0.2) is 4.79 Å². The van der Waals surface area contributed by atoms with Gasteiger partial charge in [-0.3, -0.25) is 14.5 Å². The van der Waals surface area contributed by atoms with Gasteiger partial charge in [-0.05, 0) is 68.0 Å². The highest BCUT2D eigenvalue weighted by molar-refractivity contribution is 6.30. The Morgan fingerprint density at radius 2 is 1.77 bits per heavy atom. The topological polar surface area (TPSA) is 71.4 Å². The normalized spacial score (nSPS) is 19.2. The zero-order valence-corrected chi connectivity index (χ0v) is 20.7. The maximum absolute atomic E-state index is 13.4. The first kappa shape index (κ1) is 23.4. The van der Waals surface area contributed by atoms with Gasteiger partial charge in [0.2, 0.25) is 0 Å². The summed E-state index contributed by atoms with van der Waals surface area (Å²) in [6.07, 6.45) is 2.52. The number of amides is 3. The van der Waals surface area contributed by atoms with Gasteiger partial charge >= 0.3 is 6.03 Å². The third kappa shape index (κ3) is 4.27. The van der Waals surface area contributed by atoms with Gasteiger partial charge in [-0.1, -0.05) is 48.0 Å². The van der Waals surface area contributed by atoms with Crippen LogP contribution in [0.2, 0.25) is 5.02 Å². The number of hydrogen-bond acceptors (Lipinski definition) is 3. The van der Waals surface area contributed by atoms with Crippen LogP contribution in [0.5, 0.6) is 0 Å². The van der Waals surface area contributed by atoms with Crippen LogP contribution in [0, 0.1) is 13.8 Å². The van der Waals surface area contributed by atoms with Crippen molar-refractivity contribution < 1.29 is 14.4 Å². The van der Waals surface area contributed by atoms with Crippen LogP contribution in [-0.2, 0) is 30.6 Å². The number of benzene rings is 2. The first-order valence-electron chi connectivity index (χ1n) is 11.9. The Bertz CT molecular complexity index is 1330. The lowest BCUT2D eigenvalue weighted by Crippen LogP contribution is -2.51. The first-order chi connectivity index (χ1) is 16.8. The number of imide groups is 1. The number of rotatable bonds is 6. The number of urea groups is 1. The molecule has 1 aromatic heterocycles. The molecule has 1 unspecified atom stereocenters. The van der Waals surface area contributed by atoms with E-state index in [9.17, 15) is 14.4 Å². The minimum absolute atomic E-state index is 0.229. The number of fused-ring (bicyclic) bond motifs is 1. The molecule has 1 aliphatic carbocycles. The molecule has 1 spiro atoms. The molecule has 1 aliphatic heterocycles. The van der Waals surface area contributed by atoms with Crippen LogP contribution in [-0.4, -0.2) is 39.3 Å². The number of nitrogens with one attached hydrogen (secondary N) is 1. The number of carbonyl (C=O) groups is 3. The van der Waals surface area contributed by atoms with Crippen molar-refractivity contribution >= 4 is 29.3 Å². The summed E-state index contributed by atoms with van der Waals surface area (Å²) in [5.74, 6) is -0.533. The summed E-state index contributed by atoms with van der Waals surface area (Å²) in [6, 6.07) is 17.1. The quantitative estimate of drug-likeness (QED) is 0.404. The van der Waals surface area contributed by atoms with Crippen molar-refractivity contribution in [1.82, 2.24) is 14.8 Å². The smallest absolute Gasteiger partial charge is 0.325 e. The number of aromatic nitrogens is 1. The van der Waals surface area contributed by atoms with Crippen LogP contribution >= 0.6 is 11.6 Å². The summed E-state index contributed by atoms with van der Waals surface area (Å²) in [4.78, 5) is 40.5. The number of nitrogens with zero attached hydrogens (tertiary/aromatic N) is 2. The van der Waals surface area contributed by atoms with Crippen molar-refractivity contribution in [2.24, 2.45) is 0 Å². The van der Waals surface area contributed by atoms with E-state index in [0.29, 0.717) is 23.4 Å². The molecule has 1 fully saturated rings.